The van der Waals surface area contributed by atoms with Crippen LogP contribution in [0, 0.1) is 5.92 Å². The van der Waals surface area contributed by atoms with E-state index in [1.165, 1.54) is 6.42 Å². The summed E-state index contributed by atoms with van der Waals surface area (Å²) >= 11 is 0. The van der Waals surface area contributed by atoms with E-state index >= 15 is 0 Å². The molecule has 1 aliphatic heterocycles. The van der Waals surface area contributed by atoms with Crippen LogP contribution in [0.2, 0.25) is 0 Å². The van der Waals surface area contributed by atoms with Crippen LogP contribution in [-0.2, 0) is 4.74 Å². The molecule has 3 heteroatoms. The van der Waals surface area contributed by atoms with Gasteiger partial charge < -0.3 is 10.5 Å². The number of nitrogens with zero attached hydrogens (tertiary/aromatic N) is 1. The largest absolute Gasteiger partial charge is 0.378 e. The van der Waals surface area contributed by atoms with Crippen LogP contribution in [0.25, 0.3) is 0 Å². The number of rotatable bonds is 4. The molecule has 90 valence electrons. The van der Waals surface area contributed by atoms with Gasteiger partial charge in [0, 0.05) is 24.7 Å². The summed E-state index contributed by atoms with van der Waals surface area (Å²) in [5.74, 6) is 0.660. The predicted molar refractivity (Wildman–Crippen MR) is 63.9 cm³/mol. The maximum absolute atomic E-state index is 5.92. The van der Waals surface area contributed by atoms with Crippen molar-refractivity contribution in [3.8, 4) is 0 Å². The smallest absolute Gasteiger partial charge is 0.0645 e. The molecule has 0 aromatic carbocycles. The molecule has 1 heterocycles. The standard InChI is InChI=1S/C12H26N2O/c1-5-10(2)11(8-13)14-6-7-15-9-12(14,3)4/h10-11H,5-9,13H2,1-4H3. The van der Waals surface area contributed by atoms with E-state index in [0.29, 0.717) is 12.0 Å². The number of morpholine rings is 1. The van der Waals surface area contributed by atoms with Crippen molar-refractivity contribution in [3.63, 3.8) is 0 Å². The van der Waals surface area contributed by atoms with Gasteiger partial charge in [-0.1, -0.05) is 20.3 Å². The Morgan fingerprint density at radius 3 is 2.60 bits per heavy atom. The molecule has 0 radical (unpaired) electrons. The molecule has 3 nitrogen and oxygen atoms in total. The van der Waals surface area contributed by atoms with E-state index in [1.54, 1.807) is 0 Å². The van der Waals surface area contributed by atoms with Crippen molar-refractivity contribution in [2.24, 2.45) is 11.7 Å². The Hall–Kier alpha value is -0.120. The van der Waals surface area contributed by atoms with Crippen LogP contribution in [-0.4, -0.2) is 42.8 Å². The molecule has 0 saturated carbocycles. The maximum Gasteiger partial charge on any atom is 0.0645 e. The summed E-state index contributed by atoms with van der Waals surface area (Å²) < 4.78 is 5.54. The Morgan fingerprint density at radius 2 is 2.13 bits per heavy atom. The number of ether oxygens (including phenoxy) is 1. The number of nitrogens with two attached hydrogens (primary N) is 1. The second-order valence-corrected chi connectivity index (χ2v) is 5.25. The second-order valence-electron chi connectivity index (χ2n) is 5.25. The fraction of sp³-hybridized carbons (Fsp3) is 1.00. The van der Waals surface area contributed by atoms with Gasteiger partial charge in [-0.05, 0) is 19.8 Å². The first-order valence-electron chi connectivity index (χ1n) is 6.07. The lowest BCUT2D eigenvalue weighted by molar-refractivity contribution is -0.0798. The summed E-state index contributed by atoms with van der Waals surface area (Å²) in [4.78, 5) is 2.53. The Balaban J connectivity index is 2.72. The molecule has 0 amide bonds. The fourth-order valence-corrected chi connectivity index (χ4v) is 2.42. The van der Waals surface area contributed by atoms with Crippen molar-refractivity contribution < 1.29 is 4.74 Å². The molecule has 0 bridgehead atoms. The maximum atomic E-state index is 5.92. The Morgan fingerprint density at radius 1 is 1.47 bits per heavy atom. The molecule has 2 atom stereocenters. The summed E-state index contributed by atoms with van der Waals surface area (Å²) in [6.07, 6.45) is 1.19. The zero-order chi connectivity index (χ0) is 11.5. The fourth-order valence-electron chi connectivity index (χ4n) is 2.42. The van der Waals surface area contributed by atoms with Gasteiger partial charge in [-0.15, -0.1) is 0 Å². The molecule has 1 aliphatic rings. The normalized spacial score (nSPS) is 26.2. The number of hydrogen-bond acceptors (Lipinski definition) is 3. The average molecular weight is 214 g/mol. The third kappa shape index (κ3) is 2.92. The van der Waals surface area contributed by atoms with Gasteiger partial charge in [-0.25, -0.2) is 0 Å². The summed E-state index contributed by atoms with van der Waals surface area (Å²) in [5.41, 5.74) is 6.05. The van der Waals surface area contributed by atoms with Crippen LogP contribution in [0.5, 0.6) is 0 Å². The lowest BCUT2D eigenvalue weighted by Crippen LogP contribution is -2.60. The van der Waals surface area contributed by atoms with Crippen molar-refractivity contribution in [1.29, 1.82) is 0 Å². The Bertz CT molecular complexity index is 194. The van der Waals surface area contributed by atoms with Gasteiger partial charge in [0.15, 0.2) is 0 Å². The predicted octanol–water partition coefficient (Wildman–Crippen LogP) is 1.47. The molecule has 2 unspecified atom stereocenters. The minimum atomic E-state index is 0.131. The minimum Gasteiger partial charge on any atom is -0.378 e. The van der Waals surface area contributed by atoms with Gasteiger partial charge in [-0.3, -0.25) is 4.90 Å². The number of hydrogen-bond donors (Lipinski definition) is 1. The zero-order valence-electron chi connectivity index (χ0n) is 10.6. The lowest BCUT2D eigenvalue weighted by Gasteiger charge is -2.48. The van der Waals surface area contributed by atoms with Crippen LogP contribution >= 0.6 is 0 Å². The Kier molecular flexibility index (Phi) is 4.56. The monoisotopic (exact) mass is 214 g/mol. The van der Waals surface area contributed by atoms with Crippen molar-refractivity contribution in [2.75, 3.05) is 26.3 Å². The highest BCUT2D eigenvalue weighted by Gasteiger charge is 2.36. The van der Waals surface area contributed by atoms with E-state index in [9.17, 15) is 0 Å². The van der Waals surface area contributed by atoms with Crippen molar-refractivity contribution in [2.45, 2.75) is 45.7 Å². The van der Waals surface area contributed by atoms with Crippen molar-refractivity contribution in [3.05, 3.63) is 0 Å². The van der Waals surface area contributed by atoms with E-state index < -0.39 is 0 Å². The van der Waals surface area contributed by atoms with E-state index in [-0.39, 0.29) is 5.54 Å². The second kappa shape index (κ2) is 5.28. The van der Waals surface area contributed by atoms with Gasteiger partial charge in [0.05, 0.1) is 13.2 Å². The van der Waals surface area contributed by atoms with Crippen molar-refractivity contribution >= 4 is 0 Å². The van der Waals surface area contributed by atoms with E-state index in [2.05, 4.69) is 32.6 Å². The van der Waals surface area contributed by atoms with Gasteiger partial charge in [0.1, 0.15) is 0 Å². The van der Waals surface area contributed by atoms with Gasteiger partial charge in [0.25, 0.3) is 0 Å². The third-order valence-electron chi connectivity index (χ3n) is 3.65. The summed E-state index contributed by atoms with van der Waals surface area (Å²) in [5, 5.41) is 0. The molecule has 1 fully saturated rings. The molecule has 1 rings (SSSR count). The van der Waals surface area contributed by atoms with Crippen LogP contribution in [0.15, 0.2) is 0 Å². The average Bonchev–Trinajstić information content (AvgIpc) is 2.20. The molecule has 1 saturated heterocycles. The Labute approximate surface area is 94.0 Å². The first-order valence-corrected chi connectivity index (χ1v) is 6.07. The minimum absolute atomic E-state index is 0.131. The topological polar surface area (TPSA) is 38.5 Å². The highest BCUT2D eigenvalue weighted by atomic mass is 16.5. The molecule has 15 heavy (non-hydrogen) atoms. The molecule has 0 aliphatic carbocycles. The molecule has 0 aromatic rings. The van der Waals surface area contributed by atoms with Crippen LogP contribution in [0.4, 0.5) is 0 Å². The van der Waals surface area contributed by atoms with E-state index in [4.69, 9.17) is 10.5 Å². The molecule has 2 N–H and O–H groups in total. The quantitative estimate of drug-likeness (QED) is 0.770. The highest BCUT2D eigenvalue weighted by molar-refractivity contribution is 4.91. The zero-order valence-corrected chi connectivity index (χ0v) is 10.6. The summed E-state index contributed by atoms with van der Waals surface area (Å²) in [7, 11) is 0. The van der Waals surface area contributed by atoms with E-state index in [0.717, 1.165) is 26.3 Å². The lowest BCUT2D eigenvalue weighted by atomic mass is 9.91. The molecular weight excluding hydrogens is 188 g/mol. The van der Waals surface area contributed by atoms with E-state index in [1.807, 2.05) is 0 Å². The molecule has 0 aromatic heterocycles. The van der Waals surface area contributed by atoms with Gasteiger partial charge >= 0.3 is 0 Å². The molecular formula is C12H26N2O. The third-order valence-corrected chi connectivity index (χ3v) is 3.65. The van der Waals surface area contributed by atoms with Crippen molar-refractivity contribution in [1.82, 2.24) is 4.90 Å². The van der Waals surface area contributed by atoms with Gasteiger partial charge in [0.2, 0.25) is 0 Å². The SMILES string of the molecule is CCC(C)C(CN)N1CCOCC1(C)C. The van der Waals surface area contributed by atoms with Crippen LogP contribution in [0.3, 0.4) is 0 Å². The van der Waals surface area contributed by atoms with Crippen LogP contribution < -0.4 is 5.73 Å². The summed E-state index contributed by atoms with van der Waals surface area (Å²) in [6, 6.07) is 0.494. The highest BCUT2D eigenvalue weighted by Crippen LogP contribution is 2.25. The first-order chi connectivity index (χ1) is 7.03. The van der Waals surface area contributed by atoms with Crippen LogP contribution in [0.1, 0.15) is 34.1 Å². The first kappa shape index (κ1) is 12.9. The summed E-state index contributed by atoms with van der Waals surface area (Å²) in [6.45, 7) is 12.5. The van der Waals surface area contributed by atoms with Gasteiger partial charge in [-0.2, -0.15) is 0 Å². The molecule has 0 spiro atoms.